The maximum Gasteiger partial charge on any atom is 0.251 e. The van der Waals surface area contributed by atoms with Gasteiger partial charge in [-0.25, -0.2) is 0 Å². The fraction of sp³-hybridized carbons (Fsp3) is 0.375. The lowest BCUT2D eigenvalue weighted by Gasteiger charge is -2.23. The molecular formula is C16H18N2O3. The van der Waals surface area contributed by atoms with Crippen molar-refractivity contribution in [2.24, 2.45) is 0 Å². The largest absolute Gasteiger partial charge is 0.384 e. The minimum absolute atomic E-state index is 0.0254. The van der Waals surface area contributed by atoms with Gasteiger partial charge in [-0.3, -0.25) is 9.59 Å². The molecule has 1 heterocycles. The van der Waals surface area contributed by atoms with E-state index in [0.717, 1.165) is 11.1 Å². The van der Waals surface area contributed by atoms with E-state index >= 15 is 0 Å². The first kappa shape index (κ1) is 15.1. The Labute approximate surface area is 123 Å². The van der Waals surface area contributed by atoms with Gasteiger partial charge in [-0.1, -0.05) is 17.9 Å². The van der Waals surface area contributed by atoms with Gasteiger partial charge in [0.1, 0.15) is 6.61 Å². The summed E-state index contributed by atoms with van der Waals surface area (Å²) in [4.78, 5) is 23.3. The van der Waals surface area contributed by atoms with Gasteiger partial charge in [-0.15, -0.1) is 0 Å². The van der Waals surface area contributed by atoms with Crippen molar-refractivity contribution in [3.63, 3.8) is 0 Å². The average molecular weight is 286 g/mol. The van der Waals surface area contributed by atoms with Crippen molar-refractivity contribution in [3.8, 4) is 11.8 Å². The average Bonchev–Trinajstić information content (AvgIpc) is 2.48. The Hall–Kier alpha value is -2.32. The molecule has 1 aromatic rings. The molecule has 2 amide bonds. The van der Waals surface area contributed by atoms with E-state index in [-0.39, 0.29) is 24.5 Å². The number of aliphatic hydroxyl groups is 1. The number of hydrogen-bond donors (Lipinski definition) is 3. The van der Waals surface area contributed by atoms with Crippen molar-refractivity contribution < 1.29 is 14.7 Å². The quantitative estimate of drug-likeness (QED) is 0.686. The zero-order valence-electron chi connectivity index (χ0n) is 11.9. The van der Waals surface area contributed by atoms with E-state index in [2.05, 4.69) is 22.5 Å². The van der Waals surface area contributed by atoms with Crippen LogP contribution in [0.4, 0.5) is 0 Å². The zero-order chi connectivity index (χ0) is 15.2. The summed E-state index contributed by atoms with van der Waals surface area (Å²) in [6, 6.07) is 5.26. The normalized spacial score (nSPS) is 17.4. The van der Waals surface area contributed by atoms with Crippen LogP contribution in [0.2, 0.25) is 0 Å². The molecule has 0 radical (unpaired) electrons. The van der Waals surface area contributed by atoms with Crippen LogP contribution in [-0.4, -0.2) is 36.1 Å². The Balaban J connectivity index is 2.07. The SMILES string of the molecule is Cc1ccc(C(=O)NC2CCC(=O)NC2)cc1C#CCO. The molecule has 0 aliphatic carbocycles. The van der Waals surface area contributed by atoms with E-state index in [0.29, 0.717) is 24.9 Å². The van der Waals surface area contributed by atoms with Crippen LogP contribution in [0.25, 0.3) is 0 Å². The lowest BCUT2D eigenvalue weighted by Crippen LogP contribution is -2.47. The predicted octanol–water partition coefficient (Wildman–Crippen LogP) is 0.347. The summed E-state index contributed by atoms with van der Waals surface area (Å²) in [5, 5.41) is 14.4. The molecule has 3 N–H and O–H groups in total. The van der Waals surface area contributed by atoms with E-state index in [1.807, 2.05) is 13.0 Å². The third-order valence-electron chi connectivity index (χ3n) is 3.40. The van der Waals surface area contributed by atoms with E-state index in [1.54, 1.807) is 12.1 Å². The van der Waals surface area contributed by atoms with E-state index in [1.165, 1.54) is 0 Å². The van der Waals surface area contributed by atoms with E-state index < -0.39 is 0 Å². The van der Waals surface area contributed by atoms with Crippen LogP contribution in [0.1, 0.15) is 34.3 Å². The van der Waals surface area contributed by atoms with Gasteiger partial charge in [0.25, 0.3) is 5.91 Å². The fourth-order valence-corrected chi connectivity index (χ4v) is 2.16. The second-order valence-corrected chi connectivity index (χ2v) is 5.00. The lowest BCUT2D eigenvalue weighted by atomic mass is 10.0. The highest BCUT2D eigenvalue weighted by Gasteiger charge is 2.20. The molecule has 1 fully saturated rings. The minimum atomic E-state index is -0.211. The summed E-state index contributed by atoms with van der Waals surface area (Å²) >= 11 is 0. The first-order valence-electron chi connectivity index (χ1n) is 6.88. The summed E-state index contributed by atoms with van der Waals surface area (Å²) in [5.41, 5.74) is 2.21. The molecule has 5 heteroatoms. The van der Waals surface area contributed by atoms with Crippen LogP contribution in [0.5, 0.6) is 0 Å². The van der Waals surface area contributed by atoms with Crippen molar-refractivity contribution in [2.45, 2.75) is 25.8 Å². The van der Waals surface area contributed by atoms with Gasteiger partial charge in [-0.05, 0) is 31.0 Å². The molecule has 110 valence electrons. The van der Waals surface area contributed by atoms with E-state index in [4.69, 9.17) is 5.11 Å². The number of aliphatic hydroxyl groups excluding tert-OH is 1. The van der Waals surface area contributed by atoms with Crippen molar-refractivity contribution in [2.75, 3.05) is 13.2 Å². The summed E-state index contributed by atoms with van der Waals surface area (Å²) in [6.07, 6.45) is 1.09. The highest BCUT2D eigenvalue weighted by Crippen LogP contribution is 2.11. The van der Waals surface area contributed by atoms with Gasteiger partial charge >= 0.3 is 0 Å². The highest BCUT2D eigenvalue weighted by atomic mass is 16.2. The van der Waals surface area contributed by atoms with Crippen molar-refractivity contribution >= 4 is 11.8 Å². The summed E-state index contributed by atoms with van der Waals surface area (Å²) < 4.78 is 0. The van der Waals surface area contributed by atoms with Crippen LogP contribution in [0.15, 0.2) is 18.2 Å². The Kier molecular flexibility index (Phi) is 4.96. The number of amides is 2. The molecule has 0 bridgehead atoms. The standard InChI is InChI=1S/C16H18N2O3/c1-11-4-5-13(9-12(11)3-2-8-19)16(21)18-14-6-7-15(20)17-10-14/h4-5,9,14,19H,6-8,10H2,1H3,(H,17,20)(H,18,21). The molecule has 0 spiro atoms. The molecule has 2 rings (SSSR count). The molecule has 1 aromatic carbocycles. The van der Waals surface area contributed by atoms with Crippen LogP contribution >= 0.6 is 0 Å². The Bertz CT molecular complexity index is 604. The molecule has 1 aliphatic heterocycles. The molecule has 5 nitrogen and oxygen atoms in total. The minimum Gasteiger partial charge on any atom is -0.384 e. The number of nitrogens with one attached hydrogen (secondary N) is 2. The summed E-state index contributed by atoms with van der Waals surface area (Å²) in [6.45, 7) is 2.16. The monoisotopic (exact) mass is 286 g/mol. The van der Waals surface area contributed by atoms with Gasteiger partial charge in [-0.2, -0.15) is 0 Å². The van der Waals surface area contributed by atoms with Crippen molar-refractivity contribution in [1.82, 2.24) is 10.6 Å². The van der Waals surface area contributed by atoms with Gasteiger partial charge in [0.05, 0.1) is 0 Å². The molecule has 1 aliphatic rings. The molecule has 21 heavy (non-hydrogen) atoms. The van der Waals surface area contributed by atoms with Gasteiger partial charge in [0.15, 0.2) is 0 Å². The summed E-state index contributed by atoms with van der Waals surface area (Å²) in [5.74, 6) is 5.26. The lowest BCUT2D eigenvalue weighted by molar-refractivity contribution is -0.122. The second-order valence-electron chi connectivity index (χ2n) is 5.00. The zero-order valence-corrected chi connectivity index (χ0v) is 11.9. The number of benzene rings is 1. The number of carbonyl (C=O) groups excluding carboxylic acids is 2. The Morgan fingerprint density at radius 2 is 2.33 bits per heavy atom. The smallest absolute Gasteiger partial charge is 0.251 e. The number of aryl methyl sites for hydroxylation is 1. The first-order valence-corrected chi connectivity index (χ1v) is 6.88. The van der Waals surface area contributed by atoms with Gasteiger partial charge in [0.2, 0.25) is 5.91 Å². The molecule has 1 atom stereocenters. The molecule has 0 aromatic heterocycles. The Morgan fingerprint density at radius 3 is 3.00 bits per heavy atom. The van der Waals surface area contributed by atoms with Crippen LogP contribution in [-0.2, 0) is 4.79 Å². The number of piperidine rings is 1. The van der Waals surface area contributed by atoms with Crippen LogP contribution in [0.3, 0.4) is 0 Å². The highest BCUT2D eigenvalue weighted by molar-refractivity contribution is 5.95. The number of carbonyl (C=O) groups is 2. The third-order valence-corrected chi connectivity index (χ3v) is 3.40. The number of hydrogen-bond acceptors (Lipinski definition) is 3. The molecule has 1 saturated heterocycles. The first-order chi connectivity index (χ1) is 10.1. The predicted molar refractivity (Wildman–Crippen MR) is 78.6 cm³/mol. The van der Waals surface area contributed by atoms with Gasteiger partial charge in [0, 0.05) is 30.1 Å². The third kappa shape index (κ3) is 4.07. The van der Waals surface area contributed by atoms with Crippen molar-refractivity contribution in [1.29, 1.82) is 0 Å². The maximum absolute atomic E-state index is 12.2. The molecular weight excluding hydrogens is 268 g/mol. The van der Waals surface area contributed by atoms with Crippen LogP contribution < -0.4 is 10.6 Å². The second kappa shape index (κ2) is 6.91. The molecule has 0 saturated carbocycles. The summed E-state index contributed by atoms with van der Waals surface area (Å²) in [7, 11) is 0. The van der Waals surface area contributed by atoms with Crippen molar-refractivity contribution in [3.05, 3.63) is 34.9 Å². The molecule has 1 unspecified atom stereocenters. The van der Waals surface area contributed by atoms with Gasteiger partial charge < -0.3 is 15.7 Å². The topological polar surface area (TPSA) is 78.4 Å². The van der Waals surface area contributed by atoms with E-state index in [9.17, 15) is 9.59 Å². The fourth-order valence-electron chi connectivity index (χ4n) is 2.16. The Morgan fingerprint density at radius 1 is 1.52 bits per heavy atom. The van der Waals surface area contributed by atoms with Crippen LogP contribution in [0, 0.1) is 18.8 Å². The number of rotatable bonds is 2. The maximum atomic E-state index is 12.2.